The highest BCUT2D eigenvalue weighted by molar-refractivity contribution is 5.96. The molecule has 7 nitrogen and oxygen atoms in total. The van der Waals surface area contributed by atoms with E-state index >= 15 is 0 Å². The fraction of sp³-hybridized carbons (Fsp3) is 0.133. The van der Waals surface area contributed by atoms with Gasteiger partial charge in [0.2, 0.25) is 0 Å². The third-order valence-corrected chi connectivity index (χ3v) is 3.70. The molecule has 0 atom stereocenters. The second-order valence-corrected chi connectivity index (χ2v) is 5.07. The summed E-state index contributed by atoms with van der Waals surface area (Å²) >= 11 is 0. The van der Waals surface area contributed by atoms with Crippen molar-refractivity contribution in [3.05, 3.63) is 41.9 Å². The number of aryl methyl sites for hydroxylation is 1. The van der Waals surface area contributed by atoms with Crippen molar-refractivity contribution in [3.8, 4) is 0 Å². The number of carbonyl (C=O) groups excluding carboxylic acids is 1. The van der Waals surface area contributed by atoms with E-state index in [1.807, 2.05) is 32.0 Å². The highest BCUT2D eigenvalue weighted by atomic mass is 16.2. The van der Waals surface area contributed by atoms with Crippen molar-refractivity contribution >= 4 is 34.3 Å². The van der Waals surface area contributed by atoms with Crippen LogP contribution in [0.2, 0.25) is 0 Å². The van der Waals surface area contributed by atoms with Gasteiger partial charge < -0.3 is 16.8 Å². The number of benzene rings is 1. The Labute approximate surface area is 127 Å². The maximum absolute atomic E-state index is 11.6. The van der Waals surface area contributed by atoms with Gasteiger partial charge in [-0.3, -0.25) is 4.57 Å². The Kier molecular flexibility index (Phi) is 3.17. The van der Waals surface area contributed by atoms with E-state index in [-0.39, 0.29) is 0 Å². The summed E-state index contributed by atoms with van der Waals surface area (Å²) in [7, 11) is 0. The molecule has 2 heterocycles. The second kappa shape index (κ2) is 5.03. The van der Waals surface area contributed by atoms with Crippen LogP contribution in [0, 0.1) is 13.8 Å². The standard InChI is InChI=1S/C15H16N6O/c1-8-9(2)21(15(17)22)12-4-3-10(5-11(8)12)20-14-6-13(16)18-7-19-14/h3-7H,1-2H3,(H2,17,22)(H3,16,18,19,20). The molecule has 0 aliphatic carbocycles. The number of primary amides is 1. The molecule has 3 rings (SSSR count). The molecule has 1 amide bonds. The zero-order chi connectivity index (χ0) is 15.9. The molecule has 5 N–H and O–H groups in total. The predicted octanol–water partition coefficient (Wildman–Crippen LogP) is 2.30. The van der Waals surface area contributed by atoms with Gasteiger partial charge in [-0.2, -0.15) is 0 Å². The van der Waals surface area contributed by atoms with Crippen molar-refractivity contribution in [2.24, 2.45) is 5.73 Å². The monoisotopic (exact) mass is 296 g/mol. The summed E-state index contributed by atoms with van der Waals surface area (Å²) in [6, 6.07) is 6.83. The van der Waals surface area contributed by atoms with Crippen molar-refractivity contribution in [1.82, 2.24) is 14.5 Å². The maximum atomic E-state index is 11.6. The Morgan fingerprint density at radius 3 is 2.68 bits per heavy atom. The van der Waals surface area contributed by atoms with Crippen LogP contribution in [0.1, 0.15) is 11.3 Å². The first-order valence-corrected chi connectivity index (χ1v) is 6.73. The van der Waals surface area contributed by atoms with Gasteiger partial charge in [-0.15, -0.1) is 0 Å². The van der Waals surface area contributed by atoms with Crippen LogP contribution >= 0.6 is 0 Å². The molecule has 1 aromatic carbocycles. The minimum Gasteiger partial charge on any atom is -0.384 e. The molecule has 0 saturated carbocycles. The van der Waals surface area contributed by atoms with E-state index in [1.165, 1.54) is 10.9 Å². The van der Waals surface area contributed by atoms with Gasteiger partial charge in [-0.25, -0.2) is 14.8 Å². The van der Waals surface area contributed by atoms with Crippen molar-refractivity contribution in [2.75, 3.05) is 11.1 Å². The molecule has 7 heteroatoms. The molecular formula is C15H16N6O. The summed E-state index contributed by atoms with van der Waals surface area (Å²) in [5.41, 5.74) is 14.6. The van der Waals surface area contributed by atoms with Gasteiger partial charge in [-0.05, 0) is 37.6 Å². The third kappa shape index (κ3) is 2.22. The lowest BCUT2D eigenvalue weighted by atomic mass is 10.1. The maximum Gasteiger partial charge on any atom is 0.323 e. The van der Waals surface area contributed by atoms with E-state index in [1.54, 1.807) is 6.07 Å². The minimum atomic E-state index is -0.486. The number of rotatable bonds is 2. The number of fused-ring (bicyclic) bond motifs is 1. The van der Waals surface area contributed by atoms with Gasteiger partial charge in [0.15, 0.2) is 0 Å². The lowest BCUT2D eigenvalue weighted by Crippen LogP contribution is -2.20. The lowest BCUT2D eigenvalue weighted by molar-refractivity contribution is 0.251. The van der Waals surface area contributed by atoms with Crippen molar-refractivity contribution in [2.45, 2.75) is 13.8 Å². The second-order valence-electron chi connectivity index (χ2n) is 5.07. The smallest absolute Gasteiger partial charge is 0.323 e. The van der Waals surface area contributed by atoms with Crippen molar-refractivity contribution in [1.29, 1.82) is 0 Å². The topological polar surface area (TPSA) is 112 Å². The Balaban J connectivity index is 2.07. The molecule has 0 aliphatic rings. The van der Waals surface area contributed by atoms with Crippen LogP contribution in [0.25, 0.3) is 10.9 Å². The van der Waals surface area contributed by atoms with Crippen LogP contribution in [-0.2, 0) is 0 Å². The van der Waals surface area contributed by atoms with E-state index in [9.17, 15) is 4.79 Å². The number of nitrogens with zero attached hydrogens (tertiary/aromatic N) is 3. The van der Waals surface area contributed by atoms with Gasteiger partial charge >= 0.3 is 6.03 Å². The first-order chi connectivity index (χ1) is 10.5. The number of nitrogens with one attached hydrogen (secondary N) is 1. The van der Waals surface area contributed by atoms with Crippen molar-refractivity contribution < 1.29 is 4.79 Å². The first kappa shape index (κ1) is 13.9. The number of carbonyl (C=O) groups is 1. The minimum absolute atomic E-state index is 0.394. The van der Waals surface area contributed by atoms with Crippen LogP contribution in [-0.4, -0.2) is 20.6 Å². The number of nitrogen functional groups attached to an aromatic ring is 1. The van der Waals surface area contributed by atoms with Gasteiger partial charge in [0.1, 0.15) is 18.0 Å². The summed E-state index contributed by atoms with van der Waals surface area (Å²) in [6.07, 6.45) is 1.40. The summed E-state index contributed by atoms with van der Waals surface area (Å²) < 4.78 is 1.51. The highest BCUT2D eigenvalue weighted by Gasteiger charge is 2.14. The summed E-state index contributed by atoms with van der Waals surface area (Å²) in [5.74, 6) is 1.00. The summed E-state index contributed by atoms with van der Waals surface area (Å²) in [6.45, 7) is 3.84. The van der Waals surface area contributed by atoms with E-state index < -0.39 is 6.03 Å². The molecular weight excluding hydrogens is 280 g/mol. The van der Waals surface area contributed by atoms with E-state index in [0.717, 1.165) is 27.8 Å². The van der Waals surface area contributed by atoms with Crippen LogP contribution < -0.4 is 16.8 Å². The molecule has 0 fully saturated rings. The fourth-order valence-electron chi connectivity index (χ4n) is 2.53. The van der Waals surface area contributed by atoms with Gasteiger partial charge in [-0.1, -0.05) is 0 Å². The summed E-state index contributed by atoms with van der Waals surface area (Å²) in [4.78, 5) is 19.6. The molecule has 0 spiro atoms. The fourth-order valence-corrected chi connectivity index (χ4v) is 2.53. The van der Waals surface area contributed by atoms with Crippen LogP contribution in [0.15, 0.2) is 30.6 Å². The van der Waals surface area contributed by atoms with E-state index in [2.05, 4.69) is 15.3 Å². The van der Waals surface area contributed by atoms with Crippen LogP contribution in [0.4, 0.5) is 22.1 Å². The summed E-state index contributed by atoms with van der Waals surface area (Å²) in [5, 5.41) is 4.13. The molecule has 0 saturated heterocycles. The highest BCUT2D eigenvalue weighted by Crippen LogP contribution is 2.28. The number of anilines is 3. The number of amides is 1. The zero-order valence-corrected chi connectivity index (χ0v) is 12.3. The average Bonchev–Trinajstić information content (AvgIpc) is 2.71. The SMILES string of the molecule is Cc1c(C)n(C(N)=O)c2ccc(Nc3cc(N)ncn3)cc12. The van der Waals surface area contributed by atoms with E-state index in [4.69, 9.17) is 11.5 Å². The van der Waals surface area contributed by atoms with E-state index in [0.29, 0.717) is 11.6 Å². The Morgan fingerprint density at radius 1 is 1.23 bits per heavy atom. The predicted molar refractivity (Wildman–Crippen MR) is 86.1 cm³/mol. The van der Waals surface area contributed by atoms with Gasteiger partial charge in [0, 0.05) is 22.8 Å². The molecule has 0 radical (unpaired) electrons. The molecule has 112 valence electrons. The molecule has 0 aliphatic heterocycles. The Morgan fingerprint density at radius 2 is 2.00 bits per heavy atom. The first-order valence-electron chi connectivity index (χ1n) is 6.73. The molecule has 0 bridgehead atoms. The Hall–Kier alpha value is -3.09. The van der Waals surface area contributed by atoms with Crippen molar-refractivity contribution in [3.63, 3.8) is 0 Å². The lowest BCUT2D eigenvalue weighted by Gasteiger charge is -2.07. The average molecular weight is 296 g/mol. The molecule has 0 unspecified atom stereocenters. The van der Waals surface area contributed by atoms with Crippen LogP contribution in [0.3, 0.4) is 0 Å². The zero-order valence-electron chi connectivity index (χ0n) is 12.3. The normalized spacial score (nSPS) is 10.8. The number of aromatic nitrogens is 3. The number of nitrogens with two attached hydrogens (primary N) is 2. The van der Waals surface area contributed by atoms with Gasteiger partial charge in [0.25, 0.3) is 0 Å². The number of hydrogen-bond acceptors (Lipinski definition) is 5. The third-order valence-electron chi connectivity index (χ3n) is 3.70. The quantitative estimate of drug-likeness (QED) is 0.671. The Bertz CT molecular complexity index is 883. The van der Waals surface area contributed by atoms with Gasteiger partial charge in [0.05, 0.1) is 5.52 Å². The van der Waals surface area contributed by atoms with Crippen LogP contribution in [0.5, 0.6) is 0 Å². The molecule has 3 aromatic rings. The number of hydrogen-bond donors (Lipinski definition) is 3. The largest absolute Gasteiger partial charge is 0.384 e. The molecule has 22 heavy (non-hydrogen) atoms. The molecule has 2 aromatic heterocycles.